The number of aromatic amines is 1. The van der Waals surface area contributed by atoms with E-state index in [4.69, 9.17) is 0 Å². The van der Waals surface area contributed by atoms with Gasteiger partial charge in [0.1, 0.15) is 5.82 Å². The molecule has 0 saturated carbocycles. The Balaban J connectivity index is 1.52. The number of para-hydroxylation sites is 1. The highest BCUT2D eigenvalue weighted by Gasteiger charge is 2.36. The number of amides is 1. The van der Waals surface area contributed by atoms with Crippen LogP contribution in [-0.2, 0) is 10.2 Å². The Morgan fingerprint density at radius 3 is 2.44 bits per heavy atom. The van der Waals surface area contributed by atoms with E-state index in [0.717, 1.165) is 29.6 Å². The summed E-state index contributed by atoms with van der Waals surface area (Å²) in [5.41, 5.74) is 2.15. The monoisotopic (exact) mass is 365 g/mol. The van der Waals surface area contributed by atoms with E-state index in [0.29, 0.717) is 13.1 Å². The van der Waals surface area contributed by atoms with Gasteiger partial charge in [0.05, 0.1) is 5.41 Å². The van der Waals surface area contributed by atoms with Gasteiger partial charge >= 0.3 is 0 Å². The number of H-pyrrole nitrogens is 1. The van der Waals surface area contributed by atoms with Gasteiger partial charge in [-0.25, -0.2) is 4.39 Å². The zero-order valence-corrected chi connectivity index (χ0v) is 15.7. The molecule has 1 saturated heterocycles. The Kier molecular flexibility index (Phi) is 4.38. The maximum Gasteiger partial charge on any atom is 0.232 e. The molecule has 5 heteroatoms. The van der Waals surface area contributed by atoms with Crippen molar-refractivity contribution in [2.75, 3.05) is 31.1 Å². The lowest BCUT2D eigenvalue weighted by Gasteiger charge is -2.39. The summed E-state index contributed by atoms with van der Waals surface area (Å²) >= 11 is 0. The molecule has 1 amide bonds. The molecule has 1 aromatic heterocycles. The topological polar surface area (TPSA) is 39.3 Å². The third-order valence-electron chi connectivity index (χ3n) is 5.54. The fraction of sp³-hybridized carbons (Fsp3) is 0.318. The zero-order chi connectivity index (χ0) is 19.0. The van der Waals surface area contributed by atoms with Crippen molar-refractivity contribution in [1.82, 2.24) is 9.88 Å². The van der Waals surface area contributed by atoms with Crippen LogP contribution in [-0.4, -0.2) is 42.0 Å². The molecule has 3 aromatic rings. The molecule has 0 bridgehead atoms. The van der Waals surface area contributed by atoms with Crippen LogP contribution in [0.15, 0.2) is 54.7 Å². The molecule has 0 atom stereocenters. The van der Waals surface area contributed by atoms with Crippen molar-refractivity contribution in [1.29, 1.82) is 0 Å². The molecule has 2 heterocycles. The van der Waals surface area contributed by atoms with Crippen LogP contribution in [0, 0.1) is 5.82 Å². The van der Waals surface area contributed by atoms with E-state index in [1.165, 1.54) is 17.8 Å². The number of fused-ring (bicyclic) bond motifs is 1. The molecule has 27 heavy (non-hydrogen) atoms. The highest BCUT2D eigenvalue weighted by Crippen LogP contribution is 2.33. The average molecular weight is 365 g/mol. The van der Waals surface area contributed by atoms with Gasteiger partial charge in [0.15, 0.2) is 0 Å². The number of benzene rings is 2. The van der Waals surface area contributed by atoms with Crippen LogP contribution in [0.3, 0.4) is 0 Å². The van der Waals surface area contributed by atoms with Gasteiger partial charge in [-0.1, -0.05) is 18.2 Å². The van der Waals surface area contributed by atoms with Crippen LogP contribution >= 0.6 is 0 Å². The van der Waals surface area contributed by atoms with Crippen LogP contribution < -0.4 is 4.90 Å². The van der Waals surface area contributed by atoms with E-state index in [-0.39, 0.29) is 11.7 Å². The second kappa shape index (κ2) is 6.72. The Morgan fingerprint density at radius 1 is 1.04 bits per heavy atom. The molecule has 140 valence electrons. The highest BCUT2D eigenvalue weighted by molar-refractivity contribution is 5.94. The standard InChI is InChI=1S/C22H24FN3O/c1-22(2,19-15-24-20-14-16(23)8-9-18(19)20)21(27)26-12-10-25(11-13-26)17-6-4-3-5-7-17/h3-9,14-15,24H,10-13H2,1-2H3. The lowest BCUT2D eigenvalue weighted by molar-refractivity contribution is -0.136. The van der Waals surface area contributed by atoms with Crippen molar-refractivity contribution in [2.45, 2.75) is 19.3 Å². The average Bonchev–Trinajstić information content (AvgIpc) is 3.12. The molecule has 4 rings (SSSR count). The minimum Gasteiger partial charge on any atom is -0.368 e. The summed E-state index contributed by atoms with van der Waals surface area (Å²) < 4.78 is 13.5. The molecular formula is C22H24FN3O. The summed E-state index contributed by atoms with van der Waals surface area (Å²) in [4.78, 5) is 20.7. The predicted octanol–water partition coefficient (Wildman–Crippen LogP) is 3.93. The predicted molar refractivity (Wildman–Crippen MR) is 107 cm³/mol. The first-order chi connectivity index (χ1) is 13.0. The molecule has 0 spiro atoms. The van der Waals surface area contributed by atoms with Crippen LogP contribution in [0.5, 0.6) is 0 Å². The van der Waals surface area contributed by atoms with Crippen molar-refractivity contribution >= 4 is 22.5 Å². The Labute approximate surface area is 158 Å². The van der Waals surface area contributed by atoms with Gasteiger partial charge in [-0.15, -0.1) is 0 Å². The van der Waals surface area contributed by atoms with E-state index < -0.39 is 5.41 Å². The number of hydrogen-bond donors (Lipinski definition) is 1. The molecule has 1 aliphatic rings. The number of carbonyl (C=O) groups is 1. The van der Waals surface area contributed by atoms with Crippen molar-refractivity contribution in [2.24, 2.45) is 0 Å². The summed E-state index contributed by atoms with van der Waals surface area (Å²) in [6, 6.07) is 15.0. The number of rotatable bonds is 3. The normalized spacial score (nSPS) is 15.4. The first-order valence-electron chi connectivity index (χ1n) is 9.33. The van der Waals surface area contributed by atoms with E-state index in [2.05, 4.69) is 22.0 Å². The summed E-state index contributed by atoms with van der Waals surface area (Å²) in [5, 5.41) is 0.901. The maximum atomic E-state index is 13.5. The van der Waals surface area contributed by atoms with Crippen molar-refractivity contribution in [3.63, 3.8) is 0 Å². The highest BCUT2D eigenvalue weighted by atomic mass is 19.1. The van der Waals surface area contributed by atoms with Crippen molar-refractivity contribution in [3.8, 4) is 0 Å². The van der Waals surface area contributed by atoms with Gasteiger partial charge in [-0.05, 0) is 49.7 Å². The summed E-state index contributed by atoms with van der Waals surface area (Å²) in [5.74, 6) is -0.169. The van der Waals surface area contributed by atoms with Crippen LogP contribution in [0.1, 0.15) is 19.4 Å². The molecular weight excluding hydrogens is 341 g/mol. The second-order valence-corrected chi connectivity index (χ2v) is 7.63. The minimum absolute atomic E-state index is 0.112. The number of hydrogen-bond acceptors (Lipinski definition) is 2. The first kappa shape index (κ1) is 17.6. The lowest BCUT2D eigenvalue weighted by Crippen LogP contribution is -2.53. The van der Waals surface area contributed by atoms with Gasteiger partial charge in [0.25, 0.3) is 0 Å². The summed E-state index contributed by atoms with van der Waals surface area (Å²) in [7, 11) is 0. The van der Waals surface area contributed by atoms with E-state index in [1.807, 2.05) is 43.1 Å². The van der Waals surface area contributed by atoms with Crippen LogP contribution in [0.25, 0.3) is 10.9 Å². The molecule has 2 aromatic carbocycles. The van der Waals surface area contributed by atoms with Crippen molar-refractivity contribution < 1.29 is 9.18 Å². The fourth-order valence-corrected chi connectivity index (χ4v) is 3.93. The maximum absolute atomic E-state index is 13.5. The van der Waals surface area contributed by atoms with Crippen LogP contribution in [0.2, 0.25) is 0 Å². The number of halogens is 1. The van der Waals surface area contributed by atoms with Gasteiger partial charge in [-0.3, -0.25) is 4.79 Å². The van der Waals surface area contributed by atoms with Gasteiger partial charge in [0, 0.05) is 49.0 Å². The number of piperazine rings is 1. The van der Waals surface area contributed by atoms with Gasteiger partial charge in [-0.2, -0.15) is 0 Å². The number of nitrogens with one attached hydrogen (secondary N) is 1. The third kappa shape index (κ3) is 3.18. The largest absolute Gasteiger partial charge is 0.368 e. The fourth-order valence-electron chi connectivity index (χ4n) is 3.93. The molecule has 4 nitrogen and oxygen atoms in total. The molecule has 1 aliphatic heterocycles. The van der Waals surface area contributed by atoms with E-state index in [9.17, 15) is 9.18 Å². The van der Waals surface area contributed by atoms with Crippen molar-refractivity contribution in [3.05, 3.63) is 66.1 Å². The van der Waals surface area contributed by atoms with E-state index >= 15 is 0 Å². The Bertz CT molecular complexity index is 956. The number of carbonyl (C=O) groups excluding carboxylic acids is 1. The smallest absolute Gasteiger partial charge is 0.232 e. The molecule has 0 aliphatic carbocycles. The minimum atomic E-state index is -0.676. The molecule has 0 unspecified atom stereocenters. The number of aromatic nitrogens is 1. The molecule has 1 N–H and O–H groups in total. The number of nitrogens with zero attached hydrogens (tertiary/aromatic N) is 2. The Hall–Kier alpha value is -2.82. The third-order valence-corrected chi connectivity index (χ3v) is 5.54. The van der Waals surface area contributed by atoms with Gasteiger partial charge in [0.2, 0.25) is 5.91 Å². The first-order valence-corrected chi connectivity index (χ1v) is 9.33. The summed E-state index contributed by atoms with van der Waals surface area (Å²) in [6.07, 6.45) is 1.84. The van der Waals surface area contributed by atoms with Crippen LogP contribution in [0.4, 0.5) is 10.1 Å². The lowest BCUT2D eigenvalue weighted by atomic mass is 9.82. The molecule has 1 fully saturated rings. The number of anilines is 1. The summed E-state index contributed by atoms with van der Waals surface area (Å²) in [6.45, 7) is 6.95. The second-order valence-electron chi connectivity index (χ2n) is 7.63. The SMILES string of the molecule is CC(C)(C(=O)N1CCN(c2ccccc2)CC1)c1c[nH]c2cc(F)ccc12. The molecule has 0 radical (unpaired) electrons. The quantitative estimate of drug-likeness (QED) is 0.764. The Morgan fingerprint density at radius 2 is 1.74 bits per heavy atom. The zero-order valence-electron chi connectivity index (χ0n) is 15.7. The van der Waals surface area contributed by atoms with E-state index in [1.54, 1.807) is 6.07 Å². The van der Waals surface area contributed by atoms with Gasteiger partial charge < -0.3 is 14.8 Å².